The summed E-state index contributed by atoms with van der Waals surface area (Å²) in [6.45, 7) is 1.22. The van der Waals surface area contributed by atoms with Crippen molar-refractivity contribution in [2.24, 2.45) is 7.05 Å². The molecule has 4 heterocycles. The molecular formula is C17H20N6O2. The van der Waals surface area contributed by atoms with E-state index in [9.17, 15) is 9.59 Å². The minimum atomic E-state index is -0.284. The Bertz CT molecular complexity index is 794. The summed E-state index contributed by atoms with van der Waals surface area (Å²) >= 11 is 0. The number of aromatic nitrogens is 4. The molecule has 0 saturated carbocycles. The van der Waals surface area contributed by atoms with E-state index < -0.39 is 0 Å². The highest BCUT2D eigenvalue weighted by Crippen LogP contribution is 2.43. The number of carbonyl (C=O) groups excluding carboxylic acids is 2. The Balaban J connectivity index is 1.51. The molecule has 0 aliphatic carbocycles. The van der Waals surface area contributed by atoms with Crippen molar-refractivity contribution in [2.75, 3.05) is 13.1 Å². The second-order valence-electron chi connectivity index (χ2n) is 6.83. The van der Waals surface area contributed by atoms with Crippen LogP contribution in [0.15, 0.2) is 30.9 Å². The van der Waals surface area contributed by atoms with E-state index in [1.165, 1.54) is 12.4 Å². The third-order valence-electron chi connectivity index (χ3n) is 5.35. The van der Waals surface area contributed by atoms with Crippen LogP contribution in [0.1, 0.15) is 41.1 Å². The Morgan fingerprint density at radius 1 is 1.28 bits per heavy atom. The molecule has 8 heteroatoms. The Kier molecular flexibility index (Phi) is 3.74. The number of hydrogen-bond donors (Lipinski definition) is 1. The van der Waals surface area contributed by atoms with Gasteiger partial charge < -0.3 is 10.2 Å². The largest absolute Gasteiger partial charge is 0.350 e. The first-order chi connectivity index (χ1) is 12.1. The van der Waals surface area contributed by atoms with Gasteiger partial charge in [0.15, 0.2) is 0 Å². The zero-order valence-corrected chi connectivity index (χ0v) is 14.1. The predicted octanol–water partition coefficient (Wildman–Crippen LogP) is 0.489. The zero-order chi connectivity index (χ0) is 17.4. The first-order valence-electron chi connectivity index (χ1n) is 8.43. The molecule has 1 atom stereocenters. The van der Waals surface area contributed by atoms with Crippen molar-refractivity contribution in [3.8, 4) is 0 Å². The van der Waals surface area contributed by atoms with Crippen molar-refractivity contribution >= 4 is 11.8 Å². The summed E-state index contributed by atoms with van der Waals surface area (Å²) in [6, 6.07) is 1.68. The maximum Gasteiger partial charge on any atom is 0.255 e. The molecule has 25 heavy (non-hydrogen) atoms. The molecule has 2 aromatic rings. The summed E-state index contributed by atoms with van der Waals surface area (Å²) in [6.07, 6.45) is 8.79. The molecule has 1 N–H and O–H groups in total. The van der Waals surface area contributed by atoms with Crippen molar-refractivity contribution in [3.63, 3.8) is 0 Å². The van der Waals surface area contributed by atoms with Crippen molar-refractivity contribution < 1.29 is 9.59 Å². The number of carbonyl (C=O) groups is 2. The highest BCUT2D eigenvalue weighted by atomic mass is 16.2. The summed E-state index contributed by atoms with van der Waals surface area (Å²) in [7, 11) is 1.88. The van der Waals surface area contributed by atoms with Crippen molar-refractivity contribution in [1.82, 2.24) is 30.2 Å². The van der Waals surface area contributed by atoms with Crippen LogP contribution in [0, 0.1) is 0 Å². The molecule has 2 fully saturated rings. The maximum atomic E-state index is 12.6. The molecule has 2 aromatic heterocycles. The summed E-state index contributed by atoms with van der Waals surface area (Å²) in [5, 5.41) is 14.9. The van der Waals surface area contributed by atoms with Crippen molar-refractivity contribution in [2.45, 2.75) is 30.7 Å². The van der Waals surface area contributed by atoms with Crippen LogP contribution < -0.4 is 5.32 Å². The third kappa shape index (κ3) is 2.77. The number of amides is 2. The van der Waals surface area contributed by atoms with Crippen molar-refractivity contribution in [3.05, 3.63) is 42.0 Å². The topological polar surface area (TPSA) is 93.0 Å². The van der Waals surface area contributed by atoms with Crippen LogP contribution in [0.25, 0.3) is 0 Å². The van der Waals surface area contributed by atoms with Crippen LogP contribution in [-0.2, 0) is 11.8 Å². The number of nitrogens with one attached hydrogen (secondary N) is 1. The summed E-state index contributed by atoms with van der Waals surface area (Å²) in [5.41, 5.74) is 1.34. The fraction of sp³-hybridized carbons (Fsp3) is 0.471. The zero-order valence-electron chi connectivity index (χ0n) is 14.1. The van der Waals surface area contributed by atoms with Crippen LogP contribution in [0.3, 0.4) is 0 Å². The van der Waals surface area contributed by atoms with Crippen LogP contribution in [0.2, 0.25) is 0 Å². The molecule has 4 rings (SSSR count). The van der Waals surface area contributed by atoms with Crippen LogP contribution in [-0.4, -0.2) is 55.3 Å². The van der Waals surface area contributed by atoms with Gasteiger partial charge in [0.05, 0.1) is 29.7 Å². The number of rotatable bonds is 2. The van der Waals surface area contributed by atoms with E-state index in [0.29, 0.717) is 25.1 Å². The molecule has 2 aliphatic heterocycles. The van der Waals surface area contributed by atoms with Gasteiger partial charge in [-0.1, -0.05) is 0 Å². The van der Waals surface area contributed by atoms with Gasteiger partial charge in [-0.15, -0.1) is 0 Å². The van der Waals surface area contributed by atoms with E-state index in [2.05, 4.69) is 20.6 Å². The lowest BCUT2D eigenvalue weighted by Gasteiger charge is -2.42. The minimum absolute atomic E-state index is 0.0352. The molecular weight excluding hydrogens is 320 g/mol. The predicted molar refractivity (Wildman–Crippen MR) is 88.6 cm³/mol. The fourth-order valence-corrected chi connectivity index (χ4v) is 4.04. The summed E-state index contributed by atoms with van der Waals surface area (Å²) < 4.78 is 1.76. The number of piperidine rings is 1. The SMILES string of the molecule is Cn1cc(C2CC(=O)NC23CCN(C(=O)c2ccnnc2)CC3)cn1. The smallest absolute Gasteiger partial charge is 0.255 e. The Labute approximate surface area is 145 Å². The normalized spacial score (nSPS) is 22.2. The molecule has 0 radical (unpaired) electrons. The number of likely N-dealkylation sites (tertiary alicyclic amines) is 1. The Morgan fingerprint density at radius 3 is 2.72 bits per heavy atom. The molecule has 2 saturated heterocycles. The average molecular weight is 340 g/mol. The molecule has 1 spiro atoms. The number of nitrogens with zero attached hydrogens (tertiary/aromatic N) is 5. The van der Waals surface area contributed by atoms with Gasteiger partial charge in [0.2, 0.25) is 5.91 Å². The van der Waals surface area contributed by atoms with Gasteiger partial charge in [-0.25, -0.2) is 0 Å². The summed E-state index contributed by atoms with van der Waals surface area (Å²) in [5.74, 6) is 0.146. The van der Waals surface area contributed by atoms with Gasteiger partial charge in [-0.2, -0.15) is 15.3 Å². The van der Waals surface area contributed by atoms with E-state index in [1.54, 1.807) is 10.7 Å². The lowest BCUT2D eigenvalue weighted by molar-refractivity contribution is -0.120. The van der Waals surface area contributed by atoms with E-state index in [1.807, 2.05) is 24.3 Å². The molecule has 2 aliphatic rings. The monoisotopic (exact) mass is 340 g/mol. The first-order valence-corrected chi connectivity index (χ1v) is 8.43. The molecule has 8 nitrogen and oxygen atoms in total. The highest BCUT2D eigenvalue weighted by molar-refractivity contribution is 5.94. The first kappa shape index (κ1) is 15.7. The van der Waals surface area contributed by atoms with Gasteiger partial charge in [-0.05, 0) is 24.5 Å². The highest BCUT2D eigenvalue weighted by Gasteiger charge is 2.49. The van der Waals surface area contributed by atoms with Gasteiger partial charge in [-0.3, -0.25) is 14.3 Å². The van der Waals surface area contributed by atoms with Gasteiger partial charge in [0, 0.05) is 38.7 Å². The van der Waals surface area contributed by atoms with Gasteiger partial charge in [0.25, 0.3) is 5.91 Å². The maximum absolute atomic E-state index is 12.6. The van der Waals surface area contributed by atoms with E-state index in [0.717, 1.165) is 18.4 Å². The average Bonchev–Trinajstić information content (AvgIpc) is 3.19. The molecule has 0 bridgehead atoms. The van der Waals surface area contributed by atoms with Crippen LogP contribution >= 0.6 is 0 Å². The lowest BCUT2D eigenvalue weighted by atomic mass is 9.75. The van der Waals surface area contributed by atoms with E-state index in [-0.39, 0.29) is 23.3 Å². The molecule has 130 valence electrons. The third-order valence-corrected chi connectivity index (χ3v) is 5.35. The standard InChI is InChI=1S/C17H20N6O2/c1-22-11-13(10-20-22)14-8-15(24)21-17(14)3-6-23(7-4-17)16(25)12-2-5-18-19-9-12/h2,5,9-11,14H,3-4,6-8H2,1H3,(H,21,24). The van der Waals surface area contributed by atoms with E-state index >= 15 is 0 Å². The number of hydrogen-bond acceptors (Lipinski definition) is 5. The molecule has 1 unspecified atom stereocenters. The van der Waals surface area contributed by atoms with Crippen molar-refractivity contribution in [1.29, 1.82) is 0 Å². The number of aryl methyl sites for hydroxylation is 1. The van der Waals surface area contributed by atoms with Crippen LogP contribution in [0.5, 0.6) is 0 Å². The molecule has 0 aromatic carbocycles. The van der Waals surface area contributed by atoms with Gasteiger partial charge >= 0.3 is 0 Å². The van der Waals surface area contributed by atoms with Gasteiger partial charge in [0.1, 0.15) is 0 Å². The van der Waals surface area contributed by atoms with Crippen LogP contribution in [0.4, 0.5) is 0 Å². The fourth-order valence-electron chi connectivity index (χ4n) is 4.04. The minimum Gasteiger partial charge on any atom is -0.350 e. The second kappa shape index (κ2) is 5.94. The second-order valence-corrected chi connectivity index (χ2v) is 6.83. The Hall–Kier alpha value is -2.77. The Morgan fingerprint density at radius 2 is 2.08 bits per heavy atom. The molecule has 2 amide bonds. The quantitative estimate of drug-likeness (QED) is 0.859. The lowest BCUT2D eigenvalue weighted by Crippen LogP contribution is -2.54. The summed E-state index contributed by atoms with van der Waals surface area (Å²) in [4.78, 5) is 26.5. The van der Waals surface area contributed by atoms with E-state index in [4.69, 9.17) is 0 Å².